The molecule has 7 heteroatoms. The lowest BCUT2D eigenvalue weighted by Gasteiger charge is -2.16. The molecule has 0 fully saturated rings. The summed E-state index contributed by atoms with van der Waals surface area (Å²) in [7, 11) is 1.53. The van der Waals surface area contributed by atoms with E-state index in [1.165, 1.54) is 25.2 Å². The van der Waals surface area contributed by atoms with Gasteiger partial charge in [0.25, 0.3) is 11.8 Å². The fourth-order valence-electron chi connectivity index (χ4n) is 1.94. The molecule has 2 amide bonds. The van der Waals surface area contributed by atoms with Crippen molar-refractivity contribution in [3.05, 3.63) is 58.3 Å². The van der Waals surface area contributed by atoms with E-state index in [9.17, 15) is 14.0 Å². The zero-order valence-corrected chi connectivity index (χ0v) is 14.7. The van der Waals surface area contributed by atoms with Gasteiger partial charge >= 0.3 is 0 Å². The number of rotatable bonds is 5. The van der Waals surface area contributed by atoms with E-state index in [4.69, 9.17) is 4.74 Å². The molecule has 1 atom stereocenters. The maximum absolute atomic E-state index is 13.1. The van der Waals surface area contributed by atoms with Gasteiger partial charge in [0, 0.05) is 18.3 Å². The van der Waals surface area contributed by atoms with Crippen molar-refractivity contribution in [1.29, 1.82) is 0 Å². The van der Waals surface area contributed by atoms with Gasteiger partial charge in [-0.05, 0) is 59.3 Å². The van der Waals surface area contributed by atoms with Gasteiger partial charge in [0.2, 0.25) is 0 Å². The highest BCUT2D eigenvalue weighted by Gasteiger charge is 2.17. The van der Waals surface area contributed by atoms with Gasteiger partial charge in [0.15, 0.2) is 6.10 Å². The molecule has 2 aromatic rings. The summed E-state index contributed by atoms with van der Waals surface area (Å²) >= 11 is 3.18. The lowest BCUT2D eigenvalue weighted by Crippen LogP contribution is -2.30. The van der Waals surface area contributed by atoms with Gasteiger partial charge in [-0.15, -0.1) is 0 Å². The zero-order chi connectivity index (χ0) is 17.7. The second kappa shape index (κ2) is 7.92. The Hall–Kier alpha value is -2.41. The van der Waals surface area contributed by atoms with Gasteiger partial charge < -0.3 is 15.4 Å². The molecule has 5 nitrogen and oxygen atoms in total. The van der Waals surface area contributed by atoms with Crippen LogP contribution in [0.3, 0.4) is 0 Å². The maximum Gasteiger partial charge on any atom is 0.265 e. The van der Waals surface area contributed by atoms with Gasteiger partial charge in [-0.2, -0.15) is 0 Å². The third-order valence-electron chi connectivity index (χ3n) is 3.19. The Morgan fingerprint density at radius 2 is 1.96 bits per heavy atom. The minimum Gasteiger partial charge on any atom is -0.480 e. The summed E-state index contributed by atoms with van der Waals surface area (Å²) in [4.78, 5) is 23.8. The average molecular weight is 395 g/mol. The molecule has 0 aliphatic heterocycles. The Morgan fingerprint density at radius 1 is 1.21 bits per heavy atom. The molecule has 2 rings (SSSR count). The second-order valence-corrected chi connectivity index (χ2v) is 5.84. The van der Waals surface area contributed by atoms with Crippen molar-refractivity contribution in [3.63, 3.8) is 0 Å². The number of nitrogens with one attached hydrogen (secondary N) is 2. The summed E-state index contributed by atoms with van der Waals surface area (Å²) in [6, 6.07) is 10.5. The number of carbonyl (C=O) groups excluding carboxylic acids is 2. The lowest BCUT2D eigenvalue weighted by atomic mass is 10.2. The van der Waals surface area contributed by atoms with Crippen molar-refractivity contribution in [2.24, 2.45) is 0 Å². The number of hydrogen-bond acceptors (Lipinski definition) is 3. The van der Waals surface area contributed by atoms with Gasteiger partial charge in [0.05, 0.1) is 4.47 Å². The molecule has 0 spiro atoms. The Balaban J connectivity index is 2.05. The van der Waals surface area contributed by atoms with Crippen molar-refractivity contribution >= 4 is 33.4 Å². The first-order chi connectivity index (χ1) is 11.4. The summed E-state index contributed by atoms with van der Waals surface area (Å²) < 4.78 is 19.0. The molecule has 0 saturated heterocycles. The molecule has 0 aliphatic carbocycles. The molecule has 2 N–H and O–H groups in total. The van der Waals surface area contributed by atoms with Crippen molar-refractivity contribution in [2.75, 3.05) is 12.4 Å². The number of anilines is 1. The third-order valence-corrected chi connectivity index (χ3v) is 3.81. The van der Waals surface area contributed by atoms with Crippen molar-refractivity contribution in [1.82, 2.24) is 5.32 Å². The monoisotopic (exact) mass is 394 g/mol. The highest BCUT2D eigenvalue weighted by molar-refractivity contribution is 9.10. The van der Waals surface area contributed by atoms with Gasteiger partial charge in [-0.1, -0.05) is 6.07 Å². The van der Waals surface area contributed by atoms with E-state index >= 15 is 0 Å². The molecule has 2 aromatic carbocycles. The van der Waals surface area contributed by atoms with Crippen LogP contribution in [0.4, 0.5) is 10.1 Å². The Bertz CT molecular complexity index is 767. The largest absolute Gasteiger partial charge is 0.480 e. The maximum atomic E-state index is 13.1. The smallest absolute Gasteiger partial charge is 0.265 e. The first-order valence-corrected chi connectivity index (χ1v) is 7.94. The molecule has 0 aromatic heterocycles. The Morgan fingerprint density at radius 3 is 2.62 bits per heavy atom. The Labute approximate surface area is 147 Å². The number of amides is 2. The van der Waals surface area contributed by atoms with Gasteiger partial charge in [-0.3, -0.25) is 9.59 Å². The number of ether oxygens (including phenoxy) is 1. The predicted octanol–water partition coefficient (Wildman–Crippen LogP) is 3.35. The normalized spacial score (nSPS) is 11.5. The van der Waals surface area contributed by atoms with Gasteiger partial charge in [-0.25, -0.2) is 4.39 Å². The SMILES string of the molecule is CNC(=O)c1cccc(NC(=O)C(C)Oc2ccc(F)cc2Br)c1. The van der Waals surface area contributed by atoms with Crippen LogP contribution in [0.5, 0.6) is 5.75 Å². The fraction of sp³-hybridized carbons (Fsp3) is 0.176. The number of benzene rings is 2. The zero-order valence-electron chi connectivity index (χ0n) is 13.1. The molecule has 0 heterocycles. The topological polar surface area (TPSA) is 67.4 Å². The highest BCUT2D eigenvalue weighted by Crippen LogP contribution is 2.26. The predicted molar refractivity (Wildman–Crippen MR) is 92.7 cm³/mol. The van der Waals surface area contributed by atoms with Crippen LogP contribution in [-0.2, 0) is 4.79 Å². The minimum absolute atomic E-state index is 0.245. The van der Waals surface area contributed by atoms with E-state index < -0.39 is 11.9 Å². The summed E-state index contributed by atoms with van der Waals surface area (Å²) in [6.45, 7) is 1.58. The van der Waals surface area contributed by atoms with E-state index in [2.05, 4.69) is 26.6 Å². The van der Waals surface area contributed by atoms with E-state index in [0.717, 1.165) is 0 Å². The Kier molecular flexibility index (Phi) is 5.92. The summed E-state index contributed by atoms with van der Waals surface area (Å²) in [5, 5.41) is 5.19. The average Bonchev–Trinajstić information content (AvgIpc) is 2.56. The number of halogens is 2. The number of hydrogen-bond donors (Lipinski definition) is 2. The van der Waals surface area contributed by atoms with Crippen LogP contribution in [0.15, 0.2) is 46.9 Å². The van der Waals surface area contributed by atoms with E-state index in [0.29, 0.717) is 21.5 Å². The van der Waals surface area contributed by atoms with E-state index in [1.807, 2.05) is 0 Å². The van der Waals surface area contributed by atoms with Crippen molar-refractivity contribution in [3.8, 4) is 5.75 Å². The lowest BCUT2D eigenvalue weighted by molar-refractivity contribution is -0.122. The van der Waals surface area contributed by atoms with Crippen LogP contribution in [0, 0.1) is 5.82 Å². The molecule has 24 heavy (non-hydrogen) atoms. The minimum atomic E-state index is -0.810. The number of carbonyl (C=O) groups is 2. The summed E-state index contributed by atoms with van der Waals surface area (Å²) in [5.41, 5.74) is 0.917. The van der Waals surface area contributed by atoms with Crippen LogP contribution in [0.2, 0.25) is 0 Å². The standard InChI is InChI=1S/C17H16BrFN2O3/c1-10(24-15-7-6-12(19)9-14(15)18)16(22)21-13-5-3-4-11(8-13)17(23)20-2/h3-10H,1-2H3,(H,20,23)(H,21,22). The first kappa shape index (κ1) is 17.9. The molecule has 126 valence electrons. The molecule has 0 radical (unpaired) electrons. The quantitative estimate of drug-likeness (QED) is 0.816. The van der Waals surface area contributed by atoms with E-state index in [1.54, 1.807) is 31.2 Å². The van der Waals surface area contributed by atoms with Gasteiger partial charge in [0.1, 0.15) is 11.6 Å². The van der Waals surface area contributed by atoms with Crippen LogP contribution >= 0.6 is 15.9 Å². The second-order valence-electron chi connectivity index (χ2n) is 4.98. The fourth-order valence-corrected chi connectivity index (χ4v) is 2.39. The molecule has 0 aliphatic rings. The van der Waals surface area contributed by atoms with Crippen LogP contribution in [0.1, 0.15) is 17.3 Å². The summed E-state index contributed by atoms with van der Waals surface area (Å²) in [5.74, 6) is -0.679. The van der Waals surface area contributed by atoms with Crippen LogP contribution in [0.25, 0.3) is 0 Å². The molecule has 0 saturated carbocycles. The molecular formula is C17H16BrFN2O3. The van der Waals surface area contributed by atoms with Crippen LogP contribution < -0.4 is 15.4 Å². The third kappa shape index (κ3) is 4.55. The van der Waals surface area contributed by atoms with Crippen LogP contribution in [-0.4, -0.2) is 25.0 Å². The molecule has 1 unspecified atom stereocenters. The molecular weight excluding hydrogens is 379 g/mol. The van der Waals surface area contributed by atoms with Crippen molar-refractivity contribution in [2.45, 2.75) is 13.0 Å². The highest BCUT2D eigenvalue weighted by atomic mass is 79.9. The molecule has 0 bridgehead atoms. The van der Waals surface area contributed by atoms with Crippen molar-refractivity contribution < 1.29 is 18.7 Å². The van der Waals surface area contributed by atoms with E-state index in [-0.39, 0.29) is 11.8 Å². The summed E-state index contributed by atoms with van der Waals surface area (Å²) in [6.07, 6.45) is -0.810. The first-order valence-electron chi connectivity index (χ1n) is 7.15.